The zero-order valence-electron chi connectivity index (χ0n) is 14.1. The highest BCUT2D eigenvalue weighted by molar-refractivity contribution is 5.69. The van der Waals surface area contributed by atoms with Crippen molar-refractivity contribution in [3.05, 3.63) is 35.5 Å². The number of hydrogen-bond donors (Lipinski definition) is 1. The Hall–Kier alpha value is -2.44. The van der Waals surface area contributed by atoms with E-state index in [4.69, 9.17) is 5.10 Å². The van der Waals surface area contributed by atoms with Crippen molar-refractivity contribution < 1.29 is 0 Å². The van der Waals surface area contributed by atoms with Crippen molar-refractivity contribution in [1.82, 2.24) is 30.0 Å². The second-order valence-electron chi connectivity index (χ2n) is 7.90. The topological polar surface area (TPSA) is 75.0 Å². The number of fused-ring (bicyclic) bond motifs is 3. The molecule has 2 fully saturated rings. The number of nitrogens with one attached hydrogen (secondary N) is 1. The molecule has 3 aromatic heterocycles. The van der Waals surface area contributed by atoms with Crippen molar-refractivity contribution in [3.63, 3.8) is 0 Å². The van der Waals surface area contributed by atoms with Gasteiger partial charge in [0.25, 0.3) is 0 Å². The van der Waals surface area contributed by atoms with E-state index >= 15 is 0 Å². The quantitative estimate of drug-likeness (QED) is 0.777. The summed E-state index contributed by atoms with van der Waals surface area (Å²) in [6.45, 7) is 2.10. The van der Waals surface area contributed by atoms with Crippen LogP contribution < -0.4 is 4.90 Å². The summed E-state index contributed by atoms with van der Waals surface area (Å²) in [7, 11) is 0. The lowest BCUT2D eigenvalue weighted by molar-refractivity contribution is 0.333. The first-order chi connectivity index (χ1) is 12.3. The van der Waals surface area contributed by atoms with Gasteiger partial charge in [-0.15, -0.1) is 10.2 Å². The molecular formula is C18H21N7. The number of aromatic amines is 1. The molecule has 25 heavy (non-hydrogen) atoms. The van der Waals surface area contributed by atoms with E-state index < -0.39 is 0 Å². The number of anilines is 1. The van der Waals surface area contributed by atoms with Crippen LogP contribution in [0.25, 0.3) is 5.65 Å². The van der Waals surface area contributed by atoms with Crippen LogP contribution in [-0.4, -0.2) is 43.1 Å². The lowest BCUT2D eigenvalue weighted by atomic mass is 9.77. The average Bonchev–Trinajstić information content (AvgIpc) is 3.05. The third-order valence-electron chi connectivity index (χ3n) is 6.30. The summed E-state index contributed by atoms with van der Waals surface area (Å²) in [4.78, 5) is 2.51. The minimum Gasteiger partial charge on any atom is -0.367 e. The van der Waals surface area contributed by atoms with E-state index in [-0.39, 0.29) is 5.41 Å². The Kier molecular flexibility index (Phi) is 2.65. The number of H-pyrrole nitrogens is 1. The zero-order chi connectivity index (χ0) is 16.4. The molecule has 3 aromatic rings. The van der Waals surface area contributed by atoms with E-state index in [0.29, 0.717) is 5.92 Å². The molecule has 1 N–H and O–H groups in total. The Morgan fingerprint density at radius 1 is 1.24 bits per heavy atom. The van der Waals surface area contributed by atoms with Crippen LogP contribution in [0.3, 0.4) is 0 Å². The normalized spacial score (nSPS) is 25.8. The van der Waals surface area contributed by atoms with Crippen LogP contribution in [-0.2, 0) is 11.8 Å². The highest BCUT2D eigenvalue weighted by Crippen LogP contribution is 2.46. The maximum absolute atomic E-state index is 4.72. The van der Waals surface area contributed by atoms with Gasteiger partial charge >= 0.3 is 0 Å². The Labute approximate surface area is 145 Å². The molecule has 6 rings (SSSR count). The fourth-order valence-electron chi connectivity index (χ4n) is 4.85. The second-order valence-corrected chi connectivity index (χ2v) is 7.90. The summed E-state index contributed by atoms with van der Waals surface area (Å²) >= 11 is 0. The van der Waals surface area contributed by atoms with Gasteiger partial charge in [-0.3, -0.25) is 5.10 Å². The first-order valence-corrected chi connectivity index (χ1v) is 9.31. The predicted octanol–water partition coefficient (Wildman–Crippen LogP) is 2.21. The molecule has 7 heteroatoms. The minimum absolute atomic E-state index is 0.212. The molecule has 1 atom stereocenters. The Balaban J connectivity index is 1.43. The van der Waals surface area contributed by atoms with Gasteiger partial charge in [0, 0.05) is 30.1 Å². The van der Waals surface area contributed by atoms with Gasteiger partial charge in [0.15, 0.2) is 0 Å². The van der Waals surface area contributed by atoms with Crippen LogP contribution in [0.2, 0.25) is 0 Å². The van der Waals surface area contributed by atoms with Crippen LogP contribution >= 0.6 is 0 Å². The number of hydrogen-bond acceptors (Lipinski definition) is 5. The number of rotatable bonds is 2. The molecule has 1 spiro atoms. The molecule has 0 radical (unpaired) electrons. The van der Waals surface area contributed by atoms with Gasteiger partial charge in [-0.1, -0.05) is 0 Å². The van der Waals surface area contributed by atoms with E-state index in [9.17, 15) is 0 Å². The molecule has 2 aliphatic carbocycles. The van der Waals surface area contributed by atoms with Crippen molar-refractivity contribution in [3.8, 4) is 0 Å². The largest absolute Gasteiger partial charge is 0.367 e. The molecule has 1 unspecified atom stereocenters. The monoisotopic (exact) mass is 335 g/mol. The Bertz CT molecular complexity index is 953. The summed E-state index contributed by atoms with van der Waals surface area (Å²) in [5, 5.41) is 20.8. The van der Waals surface area contributed by atoms with Gasteiger partial charge in [0.2, 0.25) is 5.65 Å². The van der Waals surface area contributed by atoms with Crippen molar-refractivity contribution in [2.24, 2.45) is 0 Å². The fraction of sp³-hybridized carbons (Fsp3) is 0.556. The maximum atomic E-state index is 4.72. The van der Waals surface area contributed by atoms with E-state index in [1.54, 1.807) is 6.33 Å². The molecule has 3 aliphatic rings. The van der Waals surface area contributed by atoms with E-state index in [1.165, 1.54) is 54.7 Å². The number of aryl methyl sites for hydroxylation is 1. The second kappa shape index (κ2) is 4.80. The van der Waals surface area contributed by atoms with Gasteiger partial charge in [0.05, 0.1) is 17.6 Å². The summed E-state index contributed by atoms with van der Waals surface area (Å²) in [6, 6.07) is 2.27. The first-order valence-electron chi connectivity index (χ1n) is 9.31. The minimum atomic E-state index is 0.212. The molecule has 0 bridgehead atoms. The van der Waals surface area contributed by atoms with E-state index in [1.807, 2.05) is 10.7 Å². The maximum Gasteiger partial charge on any atom is 0.200 e. The number of piperidine rings is 1. The third-order valence-corrected chi connectivity index (χ3v) is 6.30. The highest BCUT2D eigenvalue weighted by Gasteiger charge is 2.44. The fourth-order valence-corrected chi connectivity index (χ4v) is 4.85. The summed E-state index contributed by atoms with van der Waals surface area (Å²) in [6.07, 6.45) is 11.0. The van der Waals surface area contributed by atoms with Crippen LogP contribution in [0, 0.1) is 0 Å². The Morgan fingerprint density at radius 3 is 3.12 bits per heavy atom. The predicted molar refractivity (Wildman–Crippen MR) is 92.8 cm³/mol. The summed E-state index contributed by atoms with van der Waals surface area (Å²) in [5.74, 6) is 0.620. The van der Waals surface area contributed by atoms with E-state index in [2.05, 4.69) is 31.4 Å². The SMILES string of the molecule is c1n[nH]c2c1CCC21CCCN(c2cc(C3CC3)nn3cnnc23)C1. The summed E-state index contributed by atoms with van der Waals surface area (Å²) in [5.41, 5.74) is 6.25. The molecule has 7 nitrogen and oxygen atoms in total. The average molecular weight is 335 g/mol. The molecule has 4 heterocycles. The van der Waals surface area contributed by atoms with Gasteiger partial charge < -0.3 is 4.90 Å². The van der Waals surface area contributed by atoms with Crippen LogP contribution in [0.5, 0.6) is 0 Å². The molecule has 0 aromatic carbocycles. The highest BCUT2D eigenvalue weighted by atomic mass is 15.4. The van der Waals surface area contributed by atoms with Gasteiger partial charge in [0.1, 0.15) is 6.33 Å². The van der Waals surface area contributed by atoms with Crippen LogP contribution in [0.4, 0.5) is 5.69 Å². The molecule has 128 valence electrons. The molecule has 0 amide bonds. The Morgan fingerprint density at radius 2 is 2.20 bits per heavy atom. The summed E-state index contributed by atoms with van der Waals surface area (Å²) < 4.78 is 1.86. The lowest BCUT2D eigenvalue weighted by Gasteiger charge is -2.41. The lowest BCUT2D eigenvalue weighted by Crippen LogP contribution is -2.45. The smallest absolute Gasteiger partial charge is 0.200 e. The number of nitrogens with zero attached hydrogens (tertiary/aromatic N) is 6. The van der Waals surface area contributed by atoms with Gasteiger partial charge in [-0.25, -0.2) is 0 Å². The van der Waals surface area contributed by atoms with Gasteiger partial charge in [-0.05, 0) is 50.2 Å². The van der Waals surface area contributed by atoms with Crippen molar-refractivity contribution in [2.75, 3.05) is 18.0 Å². The van der Waals surface area contributed by atoms with Crippen molar-refractivity contribution in [2.45, 2.75) is 49.9 Å². The number of aromatic nitrogens is 6. The molecule has 1 saturated carbocycles. The van der Waals surface area contributed by atoms with Crippen molar-refractivity contribution >= 4 is 11.3 Å². The zero-order valence-corrected chi connectivity index (χ0v) is 14.1. The van der Waals surface area contributed by atoms with Gasteiger partial charge in [-0.2, -0.15) is 14.7 Å². The molecular weight excluding hydrogens is 314 g/mol. The van der Waals surface area contributed by atoms with Crippen LogP contribution in [0.15, 0.2) is 18.6 Å². The molecule has 1 aliphatic heterocycles. The standard InChI is InChI=1S/C18H21N7/c1-5-18(6-4-13-9-19-21-16(13)18)10-24(7-1)15-8-14(12-2-3-12)23-25-11-20-22-17(15)25/h8-9,11-12H,1-7,10H2,(H,19,21). The van der Waals surface area contributed by atoms with E-state index in [0.717, 1.165) is 25.2 Å². The third kappa shape index (κ3) is 1.98. The van der Waals surface area contributed by atoms with Crippen molar-refractivity contribution in [1.29, 1.82) is 0 Å². The first kappa shape index (κ1) is 13.8. The van der Waals surface area contributed by atoms with Crippen LogP contribution in [0.1, 0.15) is 55.0 Å². The molecule has 1 saturated heterocycles.